The summed E-state index contributed by atoms with van der Waals surface area (Å²) in [4.78, 5) is 11.9. The van der Waals surface area contributed by atoms with E-state index in [2.05, 4.69) is 27.9 Å². The van der Waals surface area contributed by atoms with Gasteiger partial charge >= 0.3 is 0 Å². The summed E-state index contributed by atoms with van der Waals surface area (Å²) in [7, 11) is 0. The number of halogens is 3. The summed E-state index contributed by atoms with van der Waals surface area (Å²) in [5.74, 6) is 0.659. The minimum absolute atomic E-state index is 0.0563. The van der Waals surface area contributed by atoms with Crippen LogP contribution in [-0.4, -0.2) is 18.3 Å². The number of amides is 1. The zero-order chi connectivity index (χ0) is 13.4. The summed E-state index contributed by atoms with van der Waals surface area (Å²) in [6.45, 7) is 0.698. The van der Waals surface area contributed by atoms with Crippen LogP contribution in [0.1, 0.15) is 36.0 Å². The fourth-order valence-electron chi connectivity index (χ4n) is 1.54. The lowest BCUT2D eigenvalue weighted by Crippen LogP contribution is -2.25. The number of hydrogen-bond acceptors (Lipinski definition) is 1. The zero-order valence-corrected chi connectivity index (χ0v) is 13.7. The quantitative estimate of drug-likeness (QED) is 0.409. The predicted molar refractivity (Wildman–Crippen MR) is 85.7 cm³/mol. The molecule has 0 aliphatic heterocycles. The summed E-state index contributed by atoms with van der Waals surface area (Å²) >= 11 is 13.6. The largest absolute Gasteiger partial charge is 0.352 e. The number of nitrogens with one attached hydrogen (secondary N) is 1. The van der Waals surface area contributed by atoms with E-state index in [4.69, 9.17) is 23.2 Å². The lowest BCUT2D eigenvalue weighted by Gasteiger charge is -2.07. The molecule has 2 nitrogen and oxygen atoms in total. The second kappa shape index (κ2) is 8.99. The molecule has 1 amide bonds. The summed E-state index contributed by atoms with van der Waals surface area (Å²) in [6, 6.07) is 5.33. The van der Waals surface area contributed by atoms with Gasteiger partial charge < -0.3 is 5.32 Å². The molecule has 0 aliphatic rings. The Morgan fingerprint density at radius 1 is 1.22 bits per heavy atom. The second-order valence-corrected chi connectivity index (χ2v) is 5.96. The first-order chi connectivity index (χ1) is 8.65. The van der Waals surface area contributed by atoms with Gasteiger partial charge in [0.15, 0.2) is 0 Å². The zero-order valence-electron chi connectivity index (χ0n) is 10.0. The highest BCUT2D eigenvalue weighted by Gasteiger charge is 2.09. The Labute approximate surface area is 132 Å². The molecule has 0 spiro atoms. The number of rotatable bonds is 7. The van der Waals surface area contributed by atoms with Crippen molar-refractivity contribution >= 4 is 51.7 Å². The Hall–Kier alpha value is -0.000000000000000111. The van der Waals surface area contributed by atoms with Crippen molar-refractivity contribution in [3.63, 3.8) is 0 Å². The Morgan fingerprint density at radius 3 is 2.67 bits per heavy atom. The van der Waals surface area contributed by atoms with Gasteiger partial charge in [0, 0.05) is 21.0 Å². The standard InChI is InChI=1S/C13H16Cl2INO/c14-7-3-1-2-4-8-17-13(18)11-9-10(15)5-6-12(11)16/h5-6,9H,1-4,7-8H2,(H,17,18). The average Bonchev–Trinajstić information content (AvgIpc) is 2.36. The highest BCUT2D eigenvalue weighted by atomic mass is 127. The Morgan fingerprint density at radius 2 is 1.94 bits per heavy atom. The van der Waals surface area contributed by atoms with Crippen molar-refractivity contribution in [1.29, 1.82) is 0 Å². The van der Waals surface area contributed by atoms with Crippen LogP contribution in [0.4, 0.5) is 0 Å². The predicted octanol–water partition coefficient (Wildman–Crippen LogP) is 4.47. The van der Waals surface area contributed by atoms with Crippen molar-refractivity contribution in [3.8, 4) is 0 Å². The van der Waals surface area contributed by atoms with Gasteiger partial charge in [-0.1, -0.05) is 24.4 Å². The summed E-state index contributed by atoms with van der Waals surface area (Å²) in [6.07, 6.45) is 4.25. The van der Waals surface area contributed by atoms with Crippen LogP contribution in [0.25, 0.3) is 0 Å². The molecule has 0 fully saturated rings. The van der Waals surface area contributed by atoms with E-state index in [-0.39, 0.29) is 5.91 Å². The van der Waals surface area contributed by atoms with Crippen LogP contribution in [0, 0.1) is 3.57 Å². The fraction of sp³-hybridized carbons (Fsp3) is 0.462. The van der Waals surface area contributed by atoms with Gasteiger partial charge in [-0.05, 0) is 53.6 Å². The van der Waals surface area contributed by atoms with Crippen molar-refractivity contribution < 1.29 is 4.79 Å². The molecule has 0 aliphatic carbocycles. The van der Waals surface area contributed by atoms with Crippen LogP contribution in [0.2, 0.25) is 5.02 Å². The molecule has 100 valence electrons. The third kappa shape index (κ3) is 5.76. The van der Waals surface area contributed by atoms with Gasteiger partial charge in [0.2, 0.25) is 0 Å². The lowest BCUT2D eigenvalue weighted by molar-refractivity contribution is 0.0952. The summed E-state index contributed by atoms with van der Waals surface area (Å²) in [5.41, 5.74) is 0.642. The summed E-state index contributed by atoms with van der Waals surface area (Å²) < 4.78 is 0.914. The summed E-state index contributed by atoms with van der Waals surface area (Å²) in [5, 5.41) is 3.49. The van der Waals surface area contributed by atoms with E-state index < -0.39 is 0 Å². The van der Waals surface area contributed by atoms with Crippen LogP contribution in [0.15, 0.2) is 18.2 Å². The molecule has 0 bridgehead atoms. The van der Waals surface area contributed by atoms with Crippen molar-refractivity contribution in [2.24, 2.45) is 0 Å². The molecule has 1 rings (SSSR count). The smallest absolute Gasteiger partial charge is 0.252 e. The van der Waals surface area contributed by atoms with E-state index in [9.17, 15) is 4.79 Å². The van der Waals surface area contributed by atoms with E-state index in [1.54, 1.807) is 12.1 Å². The monoisotopic (exact) mass is 399 g/mol. The fourth-order valence-corrected chi connectivity index (χ4v) is 2.48. The molecule has 1 aromatic carbocycles. The maximum absolute atomic E-state index is 11.9. The topological polar surface area (TPSA) is 29.1 Å². The van der Waals surface area contributed by atoms with Crippen LogP contribution in [0.5, 0.6) is 0 Å². The minimum atomic E-state index is -0.0563. The van der Waals surface area contributed by atoms with Crippen LogP contribution < -0.4 is 5.32 Å². The highest BCUT2D eigenvalue weighted by molar-refractivity contribution is 14.1. The first-order valence-corrected chi connectivity index (χ1v) is 7.93. The van der Waals surface area contributed by atoms with Crippen molar-refractivity contribution in [2.75, 3.05) is 12.4 Å². The van der Waals surface area contributed by atoms with Crippen molar-refractivity contribution in [3.05, 3.63) is 32.4 Å². The number of hydrogen-bond donors (Lipinski definition) is 1. The van der Waals surface area contributed by atoms with Gasteiger partial charge in [-0.3, -0.25) is 4.79 Å². The van der Waals surface area contributed by atoms with E-state index in [0.29, 0.717) is 23.0 Å². The normalized spacial score (nSPS) is 10.4. The van der Waals surface area contributed by atoms with Crippen molar-refractivity contribution in [1.82, 2.24) is 5.32 Å². The second-order valence-electron chi connectivity index (χ2n) is 3.98. The van der Waals surface area contributed by atoms with Gasteiger partial charge in [0.05, 0.1) is 5.56 Å². The number of unbranched alkanes of at least 4 members (excludes halogenated alkanes) is 3. The first-order valence-electron chi connectivity index (χ1n) is 5.94. The van der Waals surface area contributed by atoms with E-state index in [1.165, 1.54) is 0 Å². The molecular formula is C13H16Cl2INO. The molecule has 0 radical (unpaired) electrons. The van der Waals surface area contributed by atoms with Gasteiger partial charge in [-0.2, -0.15) is 0 Å². The maximum atomic E-state index is 11.9. The molecule has 0 heterocycles. The molecule has 1 aromatic rings. The van der Waals surface area contributed by atoms with Crippen LogP contribution >= 0.6 is 45.8 Å². The molecule has 0 saturated carbocycles. The minimum Gasteiger partial charge on any atom is -0.352 e. The third-order valence-electron chi connectivity index (χ3n) is 2.52. The molecule has 5 heteroatoms. The Balaban J connectivity index is 2.34. The molecular weight excluding hydrogens is 384 g/mol. The van der Waals surface area contributed by atoms with Gasteiger partial charge in [0.1, 0.15) is 0 Å². The van der Waals surface area contributed by atoms with Crippen LogP contribution in [-0.2, 0) is 0 Å². The lowest BCUT2D eigenvalue weighted by atomic mass is 10.2. The van der Waals surface area contributed by atoms with E-state index >= 15 is 0 Å². The van der Waals surface area contributed by atoms with E-state index in [0.717, 1.165) is 29.3 Å². The van der Waals surface area contributed by atoms with Crippen molar-refractivity contribution in [2.45, 2.75) is 25.7 Å². The number of benzene rings is 1. The highest BCUT2D eigenvalue weighted by Crippen LogP contribution is 2.17. The Bertz CT molecular complexity index is 399. The van der Waals surface area contributed by atoms with Gasteiger partial charge in [0.25, 0.3) is 5.91 Å². The first kappa shape index (κ1) is 16.1. The van der Waals surface area contributed by atoms with E-state index in [1.807, 2.05) is 6.07 Å². The number of carbonyl (C=O) groups is 1. The third-order valence-corrected chi connectivity index (χ3v) is 3.96. The molecule has 0 atom stereocenters. The Kier molecular flexibility index (Phi) is 8.02. The maximum Gasteiger partial charge on any atom is 0.252 e. The number of alkyl halides is 1. The molecule has 18 heavy (non-hydrogen) atoms. The molecule has 0 saturated heterocycles. The molecule has 0 aromatic heterocycles. The SMILES string of the molecule is O=C(NCCCCCCCl)c1cc(Cl)ccc1I. The average molecular weight is 400 g/mol. The van der Waals surface area contributed by atoms with Gasteiger partial charge in [-0.25, -0.2) is 0 Å². The number of carbonyl (C=O) groups excluding carboxylic acids is 1. The van der Waals surface area contributed by atoms with Gasteiger partial charge in [-0.15, -0.1) is 11.6 Å². The molecule has 1 N–H and O–H groups in total. The van der Waals surface area contributed by atoms with Crippen LogP contribution in [0.3, 0.4) is 0 Å². The molecule has 0 unspecified atom stereocenters.